The molecule has 0 saturated carbocycles. The molecule has 2 nitrogen and oxygen atoms in total. The molecule has 74 valence electrons. The average Bonchev–Trinajstić information content (AvgIpc) is 2.22. The van der Waals surface area contributed by atoms with Gasteiger partial charge in [-0.15, -0.1) is 0 Å². The lowest BCUT2D eigenvalue weighted by Crippen LogP contribution is -1.87. The Hall–Kier alpha value is -1.37. The first-order valence-electron chi connectivity index (χ1n) is 3.97. The van der Waals surface area contributed by atoms with Gasteiger partial charge < -0.3 is 0 Å². The average molecular weight is 241 g/mol. The summed E-state index contributed by atoms with van der Waals surface area (Å²) in [6, 6.07) is 4.44. The fourth-order valence-corrected chi connectivity index (χ4v) is 1.64. The van der Waals surface area contributed by atoms with E-state index in [0.717, 1.165) is 0 Å². The summed E-state index contributed by atoms with van der Waals surface area (Å²) in [5.41, 5.74) is 0.618. The molecule has 0 unspecified atom stereocenters. The van der Waals surface area contributed by atoms with Crippen LogP contribution in [0.2, 0.25) is 10.0 Å². The van der Waals surface area contributed by atoms with Gasteiger partial charge >= 0.3 is 0 Å². The maximum absolute atomic E-state index is 13.1. The van der Waals surface area contributed by atoms with Crippen LogP contribution in [0.5, 0.6) is 0 Å². The number of benzene rings is 1. The highest BCUT2D eigenvalue weighted by atomic mass is 35.5. The highest BCUT2D eigenvalue weighted by Crippen LogP contribution is 2.29. The van der Waals surface area contributed by atoms with Crippen LogP contribution in [0, 0.1) is 17.1 Å². The maximum Gasteiger partial charge on any atom is 0.143 e. The second-order valence-electron chi connectivity index (χ2n) is 2.88. The van der Waals surface area contributed by atoms with Crippen molar-refractivity contribution in [3.05, 3.63) is 39.8 Å². The highest BCUT2D eigenvalue weighted by molar-refractivity contribution is 6.37. The monoisotopic (exact) mass is 240 g/mol. The summed E-state index contributed by atoms with van der Waals surface area (Å²) in [5, 5.41) is 9.39. The molecule has 0 aliphatic heterocycles. The third kappa shape index (κ3) is 1.63. The Balaban J connectivity index is 2.89. The van der Waals surface area contributed by atoms with E-state index in [0.29, 0.717) is 10.9 Å². The van der Waals surface area contributed by atoms with Crippen LogP contribution >= 0.6 is 23.2 Å². The number of rotatable bonds is 0. The Morgan fingerprint density at radius 1 is 1.33 bits per heavy atom. The number of aromatic nitrogens is 1. The lowest BCUT2D eigenvalue weighted by Gasteiger charge is -2.02. The molecule has 0 spiro atoms. The minimum atomic E-state index is -0.558. The molecule has 15 heavy (non-hydrogen) atoms. The molecular formula is C10H3Cl2FN2. The van der Waals surface area contributed by atoms with Gasteiger partial charge in [0.15, 0.2) is 0 Å². The molecule has 0 aliphatic carbocycles. The summed E-state index contributed by atoms with van der Waals surface area (Å²) in [6.45, 7) is 0. The topological polar surface area (TPSA) is 36.7 Å². The van der Waals surface area contributed by atoms with Crippen LogP contribution in [0.15, 0.2) is 18.3 Å². The molecule has 0 bridgehead atoms. The molecular weight excluding hydrogens is 238 g/mol. The van der Waals surface area contributed by atoms with Gasteiger partial charge in [-0.05, 0) is 6.07 Å². The minimum absolute atomic E-state index is 0.0405. The van der Waals surface area contributed by atoms with Gasteiger partial charge in [0.05, 0.1) is 21.1 Å². The van der Waals surface area contributed by atoms with Crippen molar-refractivity contribution in [1.82, 2.24) is 4.98 Å². The molecule has 0 saturated heterocycles. The van der Waals surface area contributed by atoms with Crippen molar-refractivity contribution < 1.29 is 4.39 Å². The molecule has 0 N–H and O–H groups in total. The minimum Gasteiger partial charge on any atom is -0.255 e. The zero-order valence-corrected chi connectivity index (χ0v) is 8.77. The lowest BCUT2D eigenvalue weighted by atomic mass is 10.1. The van der Waals surface area contributed by atoms with Crippen molar-refractivity contribution in [1.29, 1.82) is 5.26 Å². The summed E-state index contributed by atoms with van der Waals surface area (Å²) < 4.78 is 13.1. The zero-order chi connectivity index (χ0) is 11.0. The fraction of sp³-hybridized carbons (Fsp3) is 0. The van der Waals surface area contributed by atoms with Crippen molar-refractivity contribution in [3.63, 3.8) is 0 Å². The van der Waals surface area contributed by atoms with E-state index in [1.165, 1.54) is 18.3 Å². The number of fused-ring (bicyclic) bond motifs is 1. The number of halogens is 3. The first-order chi connectivity index (χ1) is 7.13. The predicted octanol–water partition coefficient (Wildman–Crippen LogP) is 3.55. The molecule has 0 fully saturated rings. The summed E-state index contributed by atoms with van der Waals surface area (Å²) in [4.78, 5) is 3.91. The summed E-state index contributed by atoms with van der Waals surface area (Å²) in [6.07, 6.45) is 1.30. The number of nitriles is 1. The van der Waals surface area contributed by atoms with E-state index in [1.54, 1.807) is 0 Å². The number of hydrogen-bond donors (Lipinski definition) is 0. The molecule has 0 atom stereocenters. The van der Waals surface area contributed by atoms with Crippen LogP contribution in [0.4, 0.5) is 4.39 Å². The van der Waals surface area contributed by atoms with Gasteiger partial charge in [0.1, 0.15) is 11.9 Å². The van der Waals surface area contributed by atoms with Crippen LogP contribution in [-0.2, 0) is 0 Å². The second kappa shape index (κ2) is 3.65. The third-order valence-corrected chi connectivity index (χ3v) is 2.66. The molecule has 1 heterocycles. The van der Waals surface area contributed by atoms with Gasteiger partial charge in [-0.2, -0.15) is 5.26 Å². The first kappa shape index (κ1) is 10.2. The fourth-order valence-electron chi connectivity index (χ4n) is 1.23. The third-order valence-electron chi connectivity index (χ3n) is 1.96. The van der Waals surface area contributed by atoms with Gasteiger partial charge in [-0.25, -0.2) is 4.39 Å². The van der Waals surface area contributed by atoms with Crippen molar-refractivity contribution in [2.75, 3.05) is 0 Å². The number of pyridine rings is 1. The van der Waals surface area contributed by atoms with Crippen LogP contribution < -0.4 is 0 Å². The van der Waals surface area contributed by atoms with E-state index in [-0.39, 0.29) is 15.6 Å². The first-order valence-corrected chi connectivity index (χ1v) is 4.72. The summed E-state index contributed by atoms with van der Waals surface area (Å²) in [5.74, 6) is -0.558. The maximum atomic E-state index is 13.1. The van der Waals surface area contributed by atoms with Crippen molar-refractivity contribution >= 4 is 34.1 Å². The van der Waals surface area contributed by atoms with Gasteiger partial charge in [0.2, 0.25) is 0 Å². The predicted molar refractivity (Wildman–Crippen MR) is 56.4 cm³/mol. The largest absolute Gasteiger partial charge is 0.255 e. The van der Waals surface area contributed by atoms with Gasteiger partial charge in [0.25, 0.3) is 0 Å². The van der Waals surface area contributed by atoms with Crippen molar-refractivity contribution in [2.24, 2.45) is 0 Å². The van der Waals surface area contributed by atoms with E-state index >= 15 is 0 Å². The molecule has 1 aromatic carbocycles. The van der Waals surface area contributed by atoms with Gasteiger partial charge in [0, 0.05) is 17.6 Å². The molecule has 5 heteroatoms. The lowest BCUT2D eigenvalue weighted by molar-refractivity contribution is 0.630. The van der Waals surface area contributed by atoms with E-state index in [9.17, 15) is 4.39 Å². The Morgan fingerprint density at radius 2 is 2.07 bits per heavy atom. The van der Waals surface area contributed by atoms with Gasteiger partial charge in [-0.3, -0.25) is 4.98 Å². The van der Waals surface area contributed by atoms with E-state index < -0.39 is 5.82 Å². The Labute approximate surface area is 94.9 Å². The Kier molecular flexibility index (Phi) is 2.47. The molecule has 0 aliphatic rings. The zero-order valence-electron chi connectivity index (χ0n) is 7.26. The van der Waals surface area contributed by atoms with E-state index in [1.807, 2.05) is 6.07 Å². The quantitative estimate of drug-likeness (QED) is 0.707. The van der Waals surface area contributed by atoms with Crippen molar-refractivity contribution in [3.8, 4) is 6.07 Å². The van der Waals surface area contributed by atoms with Crippen LogP contribution in [0.3, 0.4) is 0 Å². The van der Waals surface area contributed by atoms with Crippen LogP contribution in [-0.4, -0.2) is 4.98 Å². The SMILES string of the molecule is N#Cc1cnc2cc(F)c(Cl)cc2c1Cl. The Morgan fingerprint density at radius 3 is 2.73 bits per heavy atom. The number of hydrogen-bond acceptors (Lipinski definition) is 2. The Bertz CT molecular complexity index is 590. The standard InChI is InChI=1S/C10H3Cl2FN2/c11-7-1-6-9(2-8(7)13)15-4-5(3-14)10(6)12/h1-2,4H. The normalized spacial score (nSPS) is 10.3. The van der Waals surface area contributed by atoms with Crippen molar-refractivity contribution in [2.45, 2.75) is 0 Å². The van der Waals surface area contributed by atoms with E-state index in [4.69, 9.17) is 28.5 Å². The summed E-state index contributed by atoms with van der Waals surface area (Å²) >= 11 is 11.5. The van der Waals surface area contributed by atoms with Crippen LogP contribution in [0.1, 0.15) is 5.56 Å². The van der Waals surface area contributed by atoms with E-state index in [2.05, 4.69) is 4.98 Å². The van der Waals surface area contributed by atoms with Gasteiger partial charge in [-0.1, -0.05) is 23.2 Å². The highest BCUT2D eigenvalue weighted by Gasteiger charge is 2.09. The molecule has 0 amide bonds. The van der Waals surface area contributed by atoms with Crippen LogP contribution in [0.25, 0.3) is 10.9 Å². The molecule has 1 aromatic heterocycles. The molecule has 0 radical (unpaired) electrons. The second-order valence-corrected chi connectivity index (χ2v) is 3.67. The molecule has 2 rings (SSSR count). The molecule has 2 aromatic rings. The number of nitrogens with zero attached hydrogens (tertiary/aromatic N) is 2. The smallest absolute Gasteiger partial charge is 0.143 e. The summed E-state index contributed by atoms with van der Waals surface area (Å²) in [7, 11) is 0.